The van der Waals surface area contributed by atoms with Crippen molar-refractivity contribution >= 4 is 21.7 Å². The molecule has 3 heteroatoms. The largest absolute Gasteiger partial charge is 0.493 e. The summed E-state index contributed by atoms with van der Waals surface area (Å²) in [7, 11) is 0. The van der Waals surface area contributed by atoms with Crippen LogP contribution in [0.4, 0.5) is 0 Å². The lowest BCUT2D eigenvalue weighted by atomic mass is 9.89. The van der Waals surface area contributed by atoms with Gasteiger partial charge in [0.05, 0.1) is 17.8 Å². The predicted octanol–water partition coefficient (Wildman–Crippen LogP) is 7.01. The fourth-order valence-electron chi connectivity index (χ4n) is 5.31. The van der Waals surface area contributed by atoms with Crippen LogP contribution in [0, 0.1) is 0 Å². The van der Waals surface area contributed by atoms with Gasteiger partial charge in [-0.2, -0.15) is 0 Å². The molecule has 0 saturated carbocycles. The molecule has 0 aliphatic carbocycles. The summed E-state index contributed by atoms with van der Waals surface area (Å²) in [5, 5.41) is 3.88. The van der Waals surface area contributed by atoms with Crippen molar-refractivity contribution in [3.05, 3.63) is 108 Å². The first-order valence-corrected chi connectivity index (χ1v) is 12.1. The Bertz CT molecular complexity index is 1480. The van der Waals surface area contributed by atoms with Crippen molar-refractivity contribution in [2.45, 2.75) is 26.4 Å². The maximum Gasteiger partial charge on any atom is 0.128 e. The lowest BCUT2D eigenvalue weighted by Crippen LogP contribution is -2.31. The van der Waals surface area contributed by atoms with Crippen LogP contribution in [0.25, 0.3) is 32.9 Å². The highest BCUT2D eigenvalue weighted by molar-refractivity contribution is 6.09. The molecule has 0 amide bonds. The van der Waals surface area contributed by atoms with Crippen molar-refractivity contribution < 1.29 is 4.74 Å². The van der Waals surface area contributed by atoms with Crippen molar-refractivity contribution in [1.29, 1.82) is 0 Å². The highest BCUT2D eigenvalue weighted by Crippen LogP contribution is 2.40. The average molecular weight is 445 g/mol. The number of ether oxygens (including phenoxy) is 1. The number of rotatable bonds is 5. The Labute approximate surface area is 200 Å². The Morgan fingerprint density at radius 2 is 1.62 bits per heavy atom. The van der Waals surface area contributed by atoms with E-state index in [2.05, 4.69) is 89.8 Å². The Morgan fingerprint density at radius 1 is 0.824 bits per heavy atom. The zero-order valence-corrected chi connectivity index (χ0v) is 19.5. The second kappa shape index (κ2) is 8.92. The number of pyridine rings is 1. The summed E-state index contributed by atoms with van der Waals surface area (Å²) < 4.78 is 6.03. The van der Waals surface area contributed by atoms with Gasteiger partial charge in [0.15, 0.2) is 0 Å². The second-order valence-electron chi connectivity index (χ2n) is 8.97. The van der Waals surface area contributed by atoms with Gasteiger partial charge in [-0.25, -0.2) is 4.98 Å². The molecule has 0 fully saturated rings. The fourth-order valence-corrected chi connectivity index (χ4v) is 5.31. The molecule has 2 heterocycles. The summed E-state index contributed by atoms with van der Waals surface area (Å²) in [6, 6.07) is 32.2. The smallest absolute Gasteiger partial charge is 0.128 e. The molecule has 0 spiro atoms. The normalized spacial score (nSPS) is 13.8. The first-order chi connectivity index (χ1) is 16.8. The molecule has 0 unspecified atom stereocenters. The van der Waals surface area contributed by atoms with Crippen LogP contribution in [0.3, 0.4) is 0 Å². The Hall–Kier alpha value is -3.69. The van der Waals surface area contributed by atoms with Crippen molar-refractivity contribution in [2.24, 2.45) is 0 Å². The van der Waals surface area contributed by atoms with Crippen LogP contribution in [-0.4, -0.2) is 23.0 Å². The number of hydrogen-bond donors (Lipinski definition) is 0. The minimum Gasteiger partial charge on any atom is -0.493 e. The van der Waals surface area contributed by atoms with E-state index in [0.29, 0.717) is 6.61 Å². The summed E-state index contributed by atoms with van der Waals surface area (Å²) in [5.41, 5.74) is 7.32. The summed E-state index contributed by atoms with van der Waals surface area (Å²) in [4.78, 5) is 7.83. The first-order valence-electron chi connectivity index (χ1n) is 12.1. The molecule has 1 aromatic heterocycles. The molecule has 0 atom stereocenters. The minimum absolute atomic E-state index is 0.636. The summed E-state index contributed by atoms with van der Waals surface area (Å²) >= 11 is 0. The SMILES string of the molecule is CCOc1ccccc1-c1nc2ccc3ccccc3c2c2c1CN(Cc1ccccc1)CC2. The third-order valence-electron chi connectivity index (χ3n) is 6.84. The lowest BCUT2D eigenvalue weighted by molar-refractivity contribution is 0.246. The van der Waals surface area contributed by atoms with Crippen molar-refractivity contribution in [2.75, 3.05) is 13.2 Å². The van der Waals surface area contributed by atoms with E-state index in [9.17, 15) is 0 Å². The molecule has 0 saturated heterocycles. The van der Waals surface area contributed by atoms with Crippen LogP contribution in [-0.2, 0) is 19.5 Å². The van der Waals surface area contributed by atoms with Gasteiger partial charge < -0.3 is 4.74 Å². The third kappa shape index (κ3) is 3.72. The molecule has 0 radical (unpaired) electrons. The fraction of sp³-hybridized carbons (Fsp3) is 0.194. The van der Waals surface area contributed by atoms with E-state index in [-0.39, 0.29) is 0 Å². The topological polar surface area (TPSA) is 25.4 Å². The average Bonchev–Trinajstić information content (AvgIpc) is 2.89. The number of para-hydroxylation sites is 1. The van der Waals surface area contributed by atoms with Gasteiger partial charge >= 0.3 is 0 Å². The van der Waals surface area contributed by atoms with Gasteiger partial charge in [-0.05, 0) is 59.0 Å². The van der Waals surface area contributed by atoms with E-state index in [0.717, 1.165) is 48.6 Å². The number of benzene rings is 4. The number of nitrogens with zero attached hydrogens (tertiary/aromatic N) is 2. The molecule has 168 valence electrons. The van der Waals surface area contributed by atoms with Gasteiger partial charge in [0.25, 0.3) is 0 Å². The highest BCUT2D eigenvalue weighted by atomic mass is 16.5. The van der Waals surface area contributed by atoms with Gasteiger partial charge in [-0.15, -0.1) is 0 Å². The van der Waals surface area contributed by atoms with Crippen LogP contribution < -0.4 is 4.74 Å². The maximum atomic E-state index is 6.03. The molecule has 0 bridgehead atoms. The van der Waals surface area contributed by atoms with E-state index in [1.807, 2.05) is 13.0 Å². The number of fused-ring (bicyclic) bond motifs is 5. The lowest BCUT2D eigenvalue weighted by Gasteiger charge is -2.31. The Balaban J connectivity index is 1.56. The van der Waals surface area contributed by atoms with E-state index < -0.39 is 0 Å². The van der Waals surface area contributed by atoms with Crippen LogP contribution in [0.5, 0.6) is 5.75 Å². The molecule has 1 aliphatic rings. The standard InChI is InChI=1S/C31H28N2O/c1-2-34-29-15-9-8-14-26(29)31-27-21-33(20-22-10-4-3-5-11-22)19-18-25(27)30-24-13-7-6-12-23(24)16-17-28(30)32-31/h3-17H,2,18-21H2,1H3. The highest BCUT2D eigenvalue weighted by Gasteiger charge is 2.25. The first kappa shape index (κ1) is 20.9. The van der Waals surface area contributed by atoms with Crippen LogP contribution in [0.15, 0.2) is 91.0 Å². The van der Waals surface area contributed by atoms with Crippen LogP contribution in [0.1, 0.15) is 23.6 Å². The summed E-state index contributed by atoms with van der Waals surface area (Å²) in [5.74, 6) is 0.903. The quantitative estimate of drug-likeness (QED) is 0.273. The summed E-state index contributed by atoms with van der Waals surface area (Å²) in [6.07, 6.45) is 1.01. The third-order valence-corrected chi connectivity index (χ3v) is 6.84. The molecular formula is C31H28N2O. The van der Waals surface area contributed by atoms with Crippen molar-refractivity contribution in [1.82, 2.24) is 9.88 Å². The molecule has 4 aromatic carbocycles. The molecule has 3 nitrogen and oxygen atoms in total. The molecule has 6 rings (SSSR count). The zero-order valence-electron chi connectivity index (χ0n) is 19.5. The predicted molar refractivity (Wildman–Crippen MR) is 140 cm³/mol. The van der Waals surface area contributed by atoms with E-state index in [1.165, 1.54) is 32.8 Å². The van der Waals surface area contributed by atoms with Gasteiger partial charge in [-0.1, -0.05) is 72.8 Å². The maximum absolute atomic E-state index is 6.03. The summed E-state index contributed by atoms with van der Waals surface area (Å²) in [6.45, 7) is 5.54. The molecule has 34 heavy (non-hydrogen) atoms. The van der Waals surface area contributed by atoms with Gasteiger partial charge in [0, 0.05) is 30.6 Å². The molecule has 1 aliphatic heterocycles. The number of aromatic nitrogens is 1. The van der Waals surface area contributed by atoms with Gasteiger partial charge in [0.1, 0.15) is 5.75 Å². The van der Waals surface area contributed by atoms with Crippen molar-refractivity contribution in [3.8, 4) is 17.0 Å². The van der Waals surface area contributed by atoms with Gasteiger partial charge in [-0.3, -0.25) is 4.90 Å². The Kier molecular flexibility index (Phi) is 5.48. The zero-order chi connectivity index (χ0) is 22.9. The molecule has 5 aromatic rings. The van der Waals surface area contributed by atoms with Crippen LogP contribution >= 0.6 is 0 Å². The van der Waals surface area contributed by atoms with E-state index >= 15 is 0 Å². The Morgan fingerprint density at radius 3 is 2.50 bits per heavy atom. The molecule has 0 N–H and O–H groups in total. The van der Waals surface area contributed by atoms with E-state index in [1.54, 1.807) is 0 Å². The monoisotopic (exact) mass is 444 g/mol. The molecular weight excluding hydrogens is 416 g/mol. The minimum atomic E-state index is 0.636. The van der Waals surface area contributed by atoms with Crippen LogP contribution in [0.2, 0.25) is 0 Å². The second-order valence-corrected chi connectivity index (χ2v) is 8.97. The van der Waals surface area contributed by atoms with Gasteiger partial charge in [0.2, 0.25) is 0 Å². The van der Waals surface area contributed by atoms with Crippen molar-refractivity contribution in [3.63, 3.8) is 0 Å². The number of hydrogen-bond acceptors (Lipinski definition) is 3. The van der Waals surface area contributed by atoms with E-state index in [4.69, 9.17) is 9.72 Å².